The van der Waals surface area contributed by atoms with Crippen LogP contribution in [0.15, 0.2) is 28.7 Å². The monoisotopic (exact) mass is 384 g/mol. The minimum Gasteiger partial charge on any atom is -0.478 e. The first-order valence-corrected chi connectivity index (χ1v) is 7.90. The highest BCUT2D eigenvalue weighted by molar-refractivity contribution is 8.45. The molecule has 12 heteroatoms. The third kappa shape index (κ3) is 3.01. The molecule has 0 aromatic heterocycles. The van der Waals surface area contributed by atoms with Gasteiger partial charge in [-0.2, -0.15) is 13.2 Å². The molecule has 0 saturated heterocycles. The Hall–Kier alpha value is -1.98. The van der Waals surface area contributed by atoms with Crippen LogP contribution < -0.4 is 4.74 Å². The van der Waals surface area contributed by atoms with Gasteiger partial charge in [-0.3, -0.25) is 0 Å². The number of benzene rings is 1. The average Bonchev–Trinajstić information content (AvgIpc) is 2.32. The fourth-order valence-corrected chi connectivity index (χ4v) is 2.69. The van der Waals surface area contributed by atoms with Gasteiger partial charge >= 0.3 is 22.4 Å². The Morgan fingerprint density at radius 3 is 2.12 bits per heavy atom. The highest BCUT2D eigenvalue weighted by Gasteiger charge is 2.66. The highest BCUT2D eigenvalue weighted by atomic mass is 32.5. The van der Waals surface area contributed by atoms with E-state index >= 15 is 0 Å². The van der Waals surface area contributed by atoms with Gasteiger partial charge in [0.1, 0.15) is 10.6 Å². The van der Waals surface area contributed by atoms with Gasteiger partial charge in [-0.05, 0) is 31.2 Å². The van der Waals surface area contributed by atoms with Gasteiger partial charge < -0.3 is 9.84 Å². The van der Waals surface area contributed by atoms with Crippen molar-refractivity contribution < 1.29 is 47.2 Å². The Morgan fingerprint density at radius 2 is 1.71 bits per heavy atom. The molecule has 0 bridgehead atoms. The zero-order chi connectivity index (χ0) is 18.8. The number of alkyl halides is 3. The molecule has 0 fully saturated rings. The maximum atomic E-state index is 13.1. The van der Waals surface area contributed by atoms with E-state index in [2.05, 4.69) is 4.74 Å². The van der Waals surface area contributed by atoms with E-state index in [0.717, 1.165) is 0 Å². The summed E-state index contributed by atoms with van der Waals surface area (Å²) in [4.78, 5) is 8.66. The van der Waals surface area contributed by atoms with E-state index < -0.39 is 49.8 Å². The summed E-state index contributed by atoms with van der Waals surface area (Å²) in [6.07, 6.45) is -4.98. The summed E-state index contributed by atoms with van der Waals surface area (Å²) in [7, 11) is -10.1. The van der Waals surface area contributed by atoms with Crippen LogP contribution in [0.5, 0.6) is 5.75 Å². The zero-order valence-corrected chi connectivity index (χ0v) is 12.3. The topological polar surface area (TPSA) is 46.5 Å². The van der Waals surface area contributed by atoms with Gasteiger partial charge in [0.2, 0.25) is 5.60 Å². The third-order valence-electron chi connectivity index (χ3n) is 3.33. The molecule has 0 spiro atoms. The molecule has 3 nitrogen and oxygen atoms in total. The van der Waals surface area contributed by atoms with Crippen molar-refractivity contribution in [3.05, 3.63) is 29.3 Å². The molecular formula is C12H8F8O3S. The minimum absolute atomic E-state index is 0.114. The summed E-state index contributed by atoms with van der Waals surface area (Å²) >= 11 is 0. The van der Waals surface area contributed by atoms with Crippen LogP contribution in [0.4, 0.5) is 32.6 Å². The summed E-state index contributed by atoms with van der Waals surface area (Å²) in [5.74, 6) is -2.91. The summed E-state index contributed by atoms with van der Waals surface area (Å²) in [5, 5.41) is 8.88. The molecule has 1 aliphatic heterocycles. The smallest absolute Gasteiger partial charge is 0.432 e. The molecule has 2 rings (SSSR count). The van der Waals surface area contributed by atoms with E-state index in [1.807, 2.05) is 0 Å². The molecule has 136 valence electrons. The van der Waals surface area contributed by atoms with Crippen molar-refractivity contribution in [3.8, 4) is 5.75 Å². The predicted octanol–water partition coefficient (Wildman–Crippen LogP) is 5.53. The molecule has 1 heterocycles. The minimum atomic E-state index is -10.1. The summed E-state index contributed by atoms with van der Waals surface area (Å²) in [6.45, 7) is 0.369. The van der Waals surface area contributed by atoms with Gasteiger partial charge in [0.15, 0.2) is 0 Å². The summed E-state index contributed by atoms with van der Waals surface area (Å²) in [5.41, 5.74) is -5.62. The Balaban J connectivity index is 2.72. The second-order valence-electron chi connectivity index (χ2n) is 5.16. The van der Waals surface area contributed by atoms with Crippen molar-refractivity contribution >= 4 is 22.3 Å². The summed E-state index contributed by atoms with van der Waals surface area (Å²) in [6, 6.07) is 0.0360. The van der Waals surface area contributed by atoms with Crippen molar-refractivity contribution in [1.29, 1.82) is 0 Å². The van der Waals surface area contributed by atoms with E-state index in [1.54, 1.807) is 0 Å². The number of halogens is 8. The van der Waals surface area contributed by atoms with E-state index in [4.69, 9.17) is 5.11 Å². The fraction of sp³-hybridized carbons (Fsp3) is 0.250. The van der Waals surface area contributed by atoms with Crippen LogP contribution in [-0.2, 0) is 4.79 Å². The second-order valence-corrected chi connectivity index (χ2v) is 7.57. The molecule has 1 aromatic rings. The lowest BCUT2D eigenvalue weighted by molar-refractivity contribution is -0.228. The highest BCUT2D eigenvalue weighted by Crippen LogP contribution is 3.02. The maximum absolute atomic E-state index is 13.1. The molecule has 1 atom stereocenters. The lowest BCUT2D eigenvalue weighted by Gasteiger charge is -2.41. The van der Waals surface area contributed by atoms with E-state index in [9.17, 15) is 37.4 Å². The molecule has 24 heavy (non-hydrogen) atoms. The van der Waals surface area contributed by atoms with Crippen molar-refractivity contribution in [2.45, 2.75) is 23.6 Å². The van der Waals surface area contributed by atoms with Crippen molar-refractivity contribution in [2.24, 2.45) is 0 Å². The van der Waals surface area contributed by atoms with Gasteiger partial charge in [-0.1, -0.05) is 19.4 Å². The van der Waals surface area contributed by atoms with Crippen LogP contribution in [-0.4, -0.2) is 22.9 Å². The Labute approximate surface area is 129 Å². The van der Waals surface area contributed by atoms with Gasteiger partial charge in [0, 0.05) is 5.56 Å². The molecular weight excluding hydrogens is 376 g/mol. The Bertz CT molecular complexity index is 765. The van der Waals surface area contributed by atoms with Gasteiger partial charge in [-0.15, -0.1) is 0 Å². The quantitative estimate of drug-likeness (QED) is 0.683. The Morgan fingerprint density at radius 1 is 1.17 bits per heavy atom. The first kappa shape index (κ1) is 18.4. The van der Waals surface area contributed by atoms with E-state index in [-0.39, 0.29) is 18.2 Å². The average molecular weight is 384 g/mol. The predicted molar refractivity (Wildman–Crippen MR) is 68.5 cm³/mol. The van der Waals surface area contributed by atoms with Crippen LogP contribution >= 0.6 is 10.2 Å². The third-order valence-corrected chi connectivity index (χ3v) is 4.47. The van der Waals surface area contributed by atoms with Gasteiger partial charge in [0.25, 0.3) is 0 Å². The number of aliphatic carboxylic acids is 1. The number of hydrogen-bond acceptors (Lipinski definition) is 2. The number of hydrogen-bond donors (Lipinski definition) is 1. The largest absolute Gasteiger partial charge is 0.478 e. The molecule has 0 amide bonds. The molecule has 1 aliphatic rings. The van der Waals surface area contributed by atoms with Gasteiger partial charge in [0.05, 0.1) is 5.57 Å². The SMILES string of the molecule is CC1(C(F)(F)F)Oc2ccc(S(F)(F)(F)(F)F)cc2C=C1C(=O)O. The standard InChI is InChI=1S/C12H8F8O3S/c1-11(12(13,14)15)8(10(21)22)5-6-4-7(2-3-9(6)23-11)24(16,17,18,19)20/h2-5H,1H3,(H,21,22). The second kappa shape index (κ2) is 4.16. The van der Waals surface area contributed by atoms with Crippen LogP contribution in [0.3, 0.4) is 0 Å². The normalized spacial score (nSPS) is 24.1. The van der Waals surface area contributed by atoms with Crippen LogP contribution in [0.2, 0.25) is 0 Å². The number of carbonyl (C=O) groups is 1. The zero-order valence-electron chi connectivity index (χ0n) is 11.5. The molecule has 0 radical (unpaired) electrons. The van der Waals surface area contributed by atoms with E-state index in [0.29, 0.717) is 13.0 Å². The number of rotatable bonds is 2. The molecule has 1 aromatic carbocycles. The number of carboxylic acid groups (broad SMARTS) is 1. The molecule has 1 N–H and O–H groups in total. The number of fused-ring (bicyclic) bond motifs is 1. The van der Waals surface area contributed by atoms with Crippen LogP contribution in [0, 0.1) is 0 Å². The van der Waals surface area contributed by atoms with Crippen molar-refractivity contribution in [2.75, 3.05) is 0 Å². The lowest BCUT2D eigenvalue weighted by atomic mass is 9.90. The van der Waals surface area contributed by atoms with Gasteiger partial charge in [-0.25, -0.2) is 4.79 Å². The summed E-state index contributed by atoms with van der Waals surface area (Å²) < 4.78 is 108. The van der Waals surface area contributed by atoms with Crippen molar-refractivity contribution in [1.82, 2.24) is 0 Å². The van der Waals surface area contributed by atoms with Crippen molar-refractivity contribution in [3.63, 3.8) is 0 Å². The maximum Gasteiger partial charge on any atom is 0.432 e. The number of carboxylic acids is 1. The molecule has 0 aliphatic carbocycles. The van der Waals surface area contributed by atoms with E-state index in [1.165, 1.54) is 0 Å². The first-order valence-electron chi connectivity index (χ1n) is 5.94. The van der Waals surface area contributed by atoms with Crippen LogP contribution in [0.25, 0.3) is 6.08 Å². The fourth-order valence-electron chi connectivity index (χ4n) is 2.02. The molecule has 1 unspecified atom stereocenters. The first-order chi connectivity index (χ1) is 10.3. The molecule has 0 saturated carbocycles. The lowest BCUT2D eigenvalue weighted by Crippen LogP contribution is -2.52. The van der Waals surface area contributed by atoms with Crippen LogP contribution in [0.1, 0.15) is 12.5 Å². The Kier molecular flexibility index (Phi) is 3.18. The number of ether oxygens (including phenoxy) is 1.